The van der Waals surface area contributed by atoms with Crippen molar-refractivity contribution in [3.8, 4) is 11.1 Å². The number of thiophene rings is 1. The fourth-order valence-electron chi connectivity index (χ4n) is 1.84. The summed E-state index contributed by atoms with van der Waals surface area (Å²) in [7, 11) is 0. The van der Waals surface area contributed by atoms with E-state index in [1.807, 2.05) is 35.9 Å². The van der Waals surface area contributed by atoms with Gasteiger partial charge >= 0.3 is 0 Å². The molecule has 0 aliphatic carbocycles. The Bertz CT molecular complexity index is 793. The number of nitrogens with one attached hydrogen (secondary N) is 1. The van der Waals surface area contributed by atoms with Gasteiger partial charge in [-0.15, -0.1) is 11.3 Å². The van der Waals surface area contributed by atoms with E-state index >= 15 is 0 Å². The summed E-state index contributed by atoms with van der Waals surface area (Å²) in [6.45, 7) is 0. The van der Waals surface area contributed by atoms with Gasteiger partial charge in [0.1, 0.15) is 4.70 Å². The average molecular weight is 353 g/mol. The number of thioether (sulfide) groups is 1. The molecule has 1 N–H and O–H groups in total. The molecule has 0 amide bonds. The molecule has 3 rings (SSSR count). The minimum Gasteiger partial charge on any atom is -0.300 e. The molecule has 0 spiro atoms. The fraction of sp³-hybridized carbons (Fsp3) is 0.0769. The first-order valence-electron chi connectivity index (χ1n) is 5.50. The molecule has 0 aliphatic heterocycles. The standard InChI is InChI=1S/C13H9BrN2OS2/c1-18-13-15-10-9(6-19-11(10)12(17)16-13)7-2-4-8(14)5-3-7/h2-6H,1H3,(H,15,16,17). The van der Waals surface area contributed by atoms with Crippen LogP contribution in [-0.4, -0.2) is 16.2 Å². The Hall–Kier alpha value is -1.11. The van der Waals surface area contributed by atoms with E-state index < -0.39 is 0 Å². The lowest BCUT2D eigenvalue weighted by Crippen LogP contribution is -2.07. The summed E-state index contributed by atoms with van der Waals surface area (Å²) in [5.74, 6) is 0. The van der Waals surface area contributed by atoms with Crippen molar-refractivity contribution < 1.29 is 0 Å². The highest BCUT2D eigenvalue weighted by molar-refractivity contribution is 9.10. The van der Waals surface area contributed by atoms with Gasteiger partial charge < -0.3 is 4.98 Å². The van der Waals surface area contributed by atoms with Crippen molar-refractivity contribution in [3.05, 3.63) is 44.5 Å². The van der Waals surface area contributed by atoms with Gasteiger partial charge in [-0.25, -0.2) is 4.98 Å². The van der Waals surface area contributed by atoms with Crippen molar-refractivity contribution in [3.63, 3.8) is 0 Å². The molecule has 0 bridgehead atoms. The maximum atomic E-state index is 12.0. The van der Waals surface area contributed by atoms with Gasteiger partial charge in [-0.1, -0.05) is 39.8 Å². The molecule has 0 unspecified atom stereocenters. The topological polar surface area (TPSA) is 45.8 Å². The Labute approximate surface area is 126 Å². The Morgan fingerprint density at radius 1 is 1.32 bits per heavy atom. The van der Waals surface area contributed by atoms with Crippen LogP contribution in [0.2, 0.25) is 0 Å². The summed E-state index contributed by atoms with van der Waals surface area (Å²) >= 11 is 6.29. The van der Waals surface area contributed by atoms with Crippen LogP contribution in [0.5, 0.6) is 0 Å². The van der Waals surface area contributed by atoms with Gasteiger partial charge in [0.05, 0.1) is 5.52 Å². The van der Waals surface area contributed by atoms with Crippen LogP contribution in [0, 0.1) is 0 Å². The number of rotatable bonds is 2. The Morgan fingerprint density at radius 3 is 2.74 bits per heavy atom. The summed E-state index contributed by atoms with van der Waals surface area (Å²) < 4.78 is 1.71. The zero-order valence-electron chi connectivity index (χ0n) is 9.94. The Morgan fingerprint density at radius 2 is 2.05 bits per heavy atom. The molecule has 2 heterocycles. The highest BCUT2D eigenvalue weighted by Crippen LogP contribution is 2.32. The number of H-pyrrole nitrogens is 1. The lowest BCUT2D eigenvalue weighted by molar-refractivity contribution is 0.982. The molecule has 2 aromatic heterocycles. The highest BCUT2D eigenvalue weighted by Gasteiger charge is 2.12. The number of halogens is 1. The van der Waals surface area contributed by atoms with E-state index in [9.17, 15) is 4.79 Å². The zero-order chi connectivity index (χ0) is 13.4. The number of aromatic amines is 1. The highest BCUT2D eigenvalue weighted by atomic mass is 79.9. The van der Waals surface area contributed by atoms with Crippen molar-refractivity contribution in [2.24, 2.45) is 0 Å². The molecule has 3 aromatic rings. The predicted molar refractivity (Wildman–Crippen MR) is 85.2 cm³/mol. The van der Waals surface area contributed by atoms with Crippen molar-refractivity contribution >= 4 is 49.2 Å². The molecule has 3 nitrogen and oxygen atoms in total. The SMILES string of the molecule is CSc1nc2c(-c3ccc(Br)cc3)csc2c(=O)[nH]1. The third-order valence-electron chi connectivity index (χ3n) is 2.75. The second-order valence-electron chi connectivity index (χ2n) is 3.91. The van der Waals surface area contributed by atoms with Crippen LogP contribution in [-0.2, 0) is 0 Å². The molecule has 0 radical (unpaired) electrons. The summed E-state index contributed by atoms with van der Waals surface area (Å²) in [6.07, 6.45) is 1.90. The van der Waals surface area contributed by atoms with Crippen molar-refractivity contribution in [1.29, 1.82) is 0 Å². The molecule has 96 valence electrons. The normalized spacial score (nSPS) is 11.1. The van der Waals surface area contributed by atoms with Crippen LogP contribution in [0.1, 0.15) is 0 Å². The van der Waals surface area contributed by atoms with Crippen LogP contribution in [0.3, 0.4) is 0 Å². The van der Waals surface area contributed by atoms with E-state index in [0.717, 1.165) is 21.1 Å². The molecule has 0 saturated heterocycles. The second-order valence-corrected chi connectivity index (χ2v) is 6.50. The van der Waals surface area contributed by atoms with Crippen molar-refractivity contribution in [2.45, 2.75) is 5.16 Å². The molecule has 0 fully saturated rings. The molecule has 0 atom stereocenters. The van der Waals surface area contributed by atoms with E-state index in [1.165, 1.54) is 23.1 Å². The fourth-order valence-corrected chi connectivity index (χ4v) is 3.39. The van der Waals surface area contributed by atoms with Crippen molar-refractivity contribution in [2.75, 3.05) is 6.26 Å². The van der Waals surface area contributed by atoms with Gasteiger partial charge in [0.2, 0.25) is 0 Å². The molecule has 0 saturated carbocycles. The van der Waals surface area contributed by atoms with Gasteiger partial charge in [-0.05, 0) is 24.0 Å². The zero-order valence-corrected chi connectivity index (χ0v) is 13.2. The minimum atomic E-state index is -0.0669. The monoisotopic (exact) mass is 352 g/mol. The van der Waals surface area contributed by atoms with Crippen LogP contribution in [0.4, 0.5) is 0 Å². The number of benzene rings is 1. The third kappa shape index (κ3) is 2.35. The third-order valence-corrected chi connectivity index (χ3v) is 4.83. The first-order chi connectivity index (χ1) is 9.19. The first kappa shape index (κ1) is 12.9. The van der Waals surface area contributed by atoms with Gasteiger partial charge in [0.25, 0.3) is 5.56 Å². The number of aromatic nitrogens is 2. The first-order valence-corrected chi connectivity index (χ1v) is 8.40. The van der Waals surface area contributed by atoms with E-state index in [-0.39, 0.29) is 5.56 Å². The molecule has 1 aromatic carbocycles. The summed E-state index contributed by atoms with van der Waals surface area (Å²) in [6, 6.07) is 8.02. The maximum absolute atomic E-state index is 12.0. The Kier molecular flexibility index (Phi) is 3.47. The van der Waals surface area contributed by atoms with Gasteiger partial charge in [-0.2, -0.15) is 0 Å². The van der Waals surface area contributed by atoms with E-state index in [1.54, 1.807) is 0 Å². The molecule has 0 aliphatic rings. The van der Waals surface area contributed by atoms with Crippen LogP contribution in [0.25, 0.3) is 21.3 Å². The molecular weight excluding hydrogens is 344 g/mol. The molecular formula is C13H9BrN2OS2. The van der Waals surface area contributed by atoms with E-state index in [0.29, 0.717) is 9.86 Å². The minimum absolute atomic E-state index is 0.0669. The maximum Gasteiger partial charge on any atom is 0.269 e. The lowest BCUT2D eigenvalue weighted by Gasteiger charge is -2.01. The Balaban J connectivity index is 2.27. The lowest BCUT2D eigenvalue weighted by atomic mass is 10.1. The quantitative estimate of drug-likeness (QED) is 0.556. The van der Waals surface area contributed by atoms with Gasteiger partial charge in [0.15, 0.2) is 5.16 Å². The number of hydrogen-bond acceptors (Lipinski definition) is 4. The predicted octanol–water partition coefficient (Wildman–Crippen LogP) is 4.14. The van der Waals surface area contributed by atoms with Crippen LogP contribution >= 0.6 is 39.0 Å². The van der Waals surface area contributed by atoms with Crippen LogP contribution < -0.4 is 5.56 Å². The number of hydrogen-bond donors (Lipinski definition) is 1. The second kappa shape index (κ2) is 5.11. The van der Waals surface area contributed by atoms with Crippen molar-refractivity contribution in [1.82, 2.24) is 9.97 Å². The van der Waals surface area contributed by atoms with Gasteiger partial charge in [0, 0.05) is 15.4 Å². The molecule has 19 heavy (non-hydrogen) atoms. The number of nitrogens with zero attached hydrogens (tertiary/aromatic N) is 1. The van der Waals surface area contributed by atoms with Gasteiger partial charge in [-0.3, -0.25) is 4.79 Å². The largest absolute Gasteiger partial charge is 0.300 e. The summed E-state index contributed by atoms with van der Waals surface area (Å²) in [5.41, 5.74) is 2.79. The van der Waals surface area contributed by atoms with Crippen LogP contribution in [0.15, 0.2) is 44.1 Å². The number of fused-ring (bicyclic) bond motifs is 1. The average Bonchev–Trinajstić information content (AvgIpc) is 2.84. The summed E-state index contributed by atoms with van der Waals surface area (Å²) in [5, 5.41) is 2.63. The van der Waals surface area contributed by atoms with E-state index in [4.69, 9.17) is 0 Å². The summed E-state index contributed by atoms with van der Waals surface area (Å²) in [4.78, 5) is 19.2. The molecule has 6 heteroatoms. The smallest absolute Gasteiger partial charge is 0.269 e. The van der Waals surface area contributed by atoms with E-state index in [2.05, 4.69) is 25.9 Å².